The molecule has 0 unspecified atom stereocenters. The van der Waals surface area contributed by atoms with Gasteiger partial charge in [0.2, 0.25) is 15.9 Å². The van der Waals surface area contributed by atoms with Crippen molar-refractivity contribution in [2.24, 2.45) is 0 Å². The molecule has 0 aliphatic carbocycles. The summed E-state index contributed by atoms with van der Waals surface area (Å²) in [6.45, 7) is 3.01. The second kappa shape index (κ2) is 8.50. The van der Waals surface area contributed by atoms with E-state index in [4.69, 9.17) is 0 Å². The number of carbonyl (C=O) groups excluding carboxylic acids is 2. The first-order valence-corrected chi connectivity index (χ1v) is 10.2. The van der Waals surface area contributed by atoms with Crippen molar-refractivity contribution in [3.05, 3.63) is 29.8 Å². The van der Waals surface area contributed by atoms with Crippen LogP contribution in [0.2, 0.25) is 0 Å². The van der Waals surface area contributed by atoms with Crippen molar-refractivity contribution >= 4 is 33.6 Å². The lowest BCUT2D eigenvalue weighted by molar-refractivity contribution is -0.118. The van der Waals surface area contributed by atoms with Gasteiger partial charge in [-0.3, -0.25) is 9.59 Å². The van der Waals surface area contributed by atoms with Gasteiger partial charge in [-0.2, -0.15) is 11.8 Å². The Hall–Kier alpha value is -1.58. The van der Waals surface area contributed by atoms with E-state index in [1.54, 1.807) is 28.8 Å². The quantitative estimate of drug-likeness (QED) is 0.701. The molecule has 1 fully saturated rings. The van der Waals surface area contributed by atoms with Crippen LogP contribution in [0.1, 0.15) is 17.3 Å². The van der Waals surface area contributed by atoms with Gasteiger partial charge < -0.3 is 10.2 Å². The van der Waals surface area contributed by atoms with Crippen LogP contribution in [0.4, 0.5) is 0 Å². The van der Waals surface area contributed by atoms with Gasteiger partial charge in [0.25, 0.3) is 5.91 Å². The maximum absolute atomic E-state index is 12.5. The predicted octanol–water partition coefficient (Wildman–Crippen LogP) is 0.290. The van der Waals surface area contributed by atoms with Gasteiger partial charge in [0, 0.05) is 50.2 Å². The minimum absolute atomic E-state index is 0.0440. The zero-order valence-electron chi connectivity index (χ0n) is 13.4. The molecule has 0 saturated carbocycles. The number of hydrogen-bond donors (Lipinski definition) is 2. The fourth-order valence-electron chi connectivity index (χ4n) is 2.25. The first-order chi connectivity index (χ1) is 11.4. The largest absolute Gasteiger partial charge is 0.355 e. The molecule has 1 aliphatic heterocycles. The van der Waals surface area contributed by atoms with E-state index in [0.717, 1.165) is 11.5 Å². The molecule has 0 spiro atoms. The number of nitrogens with one attached hydrogen (secondary N) is 2. The Kier molecular flexibility index (Phi) is 6.64. The molecule has 2 rings (SSSR count). The highest BCUT2D eigenvalue weighted by Crippen LogP contribution is 2.16. The molecule has 2 N–H and O–H groups in total. The normalized spacial score (nSPS) is 15.1. The highest BCUT2D eigenvalue weighted by Gasteiger charge is 2.21. The minimum atomic E-state index is -3.72. The van der Waals surface area contributed by atoms with E-state index >= 15 is 0 Å². The van der Waals surface area contributed by atoms with Crippen LogP contribution in [0.3, 0.4) is 0 Å². The van der Waals surface area contributed by atoms with E-state index in [1.807, 2.05) is 0 Å². The number of thioether (sulfide) groups is 1. The van der Waals surface area contributed by atoms with Crippen molar-refractivity contribution in [2.45, 2.75) is 11.8 Å². The third-order valence-electron chi connectivity index (χ3n) is 3.48. The molecule has 1 aliphatic rings. The standard InChI is InChI=1S/C15H21N3O4S2/c1-12(19)16-5-6-17-24(21,22)14-4-2-3-13(11-14)15(20)18-7-9-23-10-8-18/h2-4,11,17H,5-10H2,1H3,(H,16,19). The van der Waals surface area contributed by atoms with Crippen LogP contribution in [0.15, 0.2) is 29.2 Å². The van der Waals surface area contributed by atoms with E-state index in [-0.39, 0.29) is 29.8 Å². The van der Waals surface area contributed by atoms with E-state index < -0.39 is 10.0 Å². The third-order valence-corrected chi connectivity index (χ3v) is 5.88. The summed E-state index contributed by atoms with van der Waals surface area (Å²) < 4.78 is 27.0. The molecule has 1 aromatic rings. The highest BCUT2D eigenvalue weighted by atomic mass is 32.2. The van der Waals surface area contributed by atoms with E-state index in [1.165, 1.54) is 19.1 Å². The molecular formula is C15H21N3O4S2. The third kappa shape index (κ3) is 5.22. The molecule has 24 heavy (non-hydrogen) atoms. The molecule has 9 heteroatoms. The summed E-state index contributed by atoms with van der Waals surface area (Å²) in [5, 5.41) is 2.51. The van der Waals surface area contributed by atoms with Crippen LogP contribution in [-0.2, 0) is 14.8 Å². The van der Waals surface area contributed by atoms with Crippen LogP contribution < -0.4 is 10.0 Å². The molecule has 7 nitrogen and oxygen atoms in total. The van der Waals surface area contributed by atoms with E-state index in [0.29, 0.717) is 18.7 Å². The number of nitrogens with zero attached hydrogens (tertiary/aromatic N) is 1. The van der Waals surface area contributed by atoms with E-state index in [9.17, 15) is 18.0 Å². The molecule has 0 atom stereocenters. The monoisotopic (exact) mass is 371 g/mol. The maximum atomic E-state index is 12.5. The van der Waals surface area contributed by atoms with Crippen LogP contribution in [0, 0.1) is 0 Å². The van der Waals surface area contributed by atoms with Crippen molar-refractivity contribution < 1.29 is 18.0 Å². The molecule has 2 amide bonds. The minimum Gasteiger partial charge on any atom is -0.355 e. The van der Waals surface area contributed by atoms with Crippen molar-refractivity contribution in [3.8, 4) is 0 Å². The number of hydrogen-bond acceptors (Lipinski definition) is 5. The van der Waals surface area contributed by atoms with Gasteiger partial charge in [0.1, 0.15) is 0 Å². The Balaban J connectivity index is 2.05. The smallest absolute Gasteiger partial charge is 0.253 e. The number of rotatable bonds is 6. The number of amides is 2. The van der Waals surface area contributed by atoms with Gasteiger partial charge in [0.15, 0.2) is 0 Å². The molecule has 1 heterocycles. The van der Waals surface area contributed by atoms with Crippen molar-refractivity contribution in [1.29, 1.82) is 0 Å². The van der Waals surface area contributed by atoms with Crippen LogP contribution in [0.5, 0.6) is 0 Å². The number of carbonyl (C=O) groups is 2. The lowest BCUT2D eigenvalue weighted by atomic mass is 10.2. The lowest BCUT2D eigenvalue weighted by Gasteiger charge is -2.26. The van der Waals surface area contributed by atoms with Crippen LogP contribution in [-0.4, -0.2) is 62.8 Å². The zero-order valence-corrected chi connectivity index (χ0v) is 15.1. The molecule has 132 valence electrons. The molecule has 0 bridgehead atoms. The summed E-state index contributed by atoms with van der Waals surface area (Å²) in [5.41, 5.74) is 0.367. The summed E-state index contributed by atoms with van der Waals surface area (Å²) in [7, 11) is -3.72. The highest BCUT2D eigenvalue weighted by molar-refractivity contribution is 7.99. The number of sulfonamides is 1. The Morgan fingerprint density at radius 2 is 1.92 bits per heavy atom. The average molecular weight is 371 g/mol. The Morgan fingerprint density at radius 1 is 1.21 bits per heavy atom. The second-order valence-electron chi connectivity index (χ2n) is 5.31. The average Bonchev–Trinajstić information content (AvgIpc) is 2.59. The van der Waals surface area contributed by atoms with E-state index in [2.05, 4.69) is 10.0 Å². The Morgan fingerprint density at radius 3 is 2.58 bits per heavy atom. The SMILES string of the molecule is CC(=O)NCCNS(=O)(=O)c1cccc(C(=O)N2CCSCC2)c1. The Labute approximate surface area is 146 Å². The molecular weight excluding hydrogens is 350 g/mol. The van der Waals surface area contributed by atoms with Crippen LogP contribution in [0.25, 0.3) is 0 Å². The van der Waals surface area contributed by atoms with Gasteiger partial charge in [-0.15, -0.1) is 0 Å². The summed E-state index contributed by atoms with van der Waals surface area (Å²) in [6.07, 6.45) is 0. The first-order valence-electron chi connectivity index (χ1n) is 7.61. The summed E-state index contributed by atoms with van der Waals surface area (Å²) >= 11 is 1.80. The zero-order chi connectivity index (χ0) is 17.6. The maximum Gasteiger partial charge on any atom is 0.253 e. The first kappa shape index (κ1) is 18.8. The van der Waals surface area contributed by atoms with Gasteiger partial charge in [0.05, 0.1) is 4.90 Å². The predicted molar refractivity (Wildman–Crippen MR) is 93.5 cm³/mol. The van der Waals surface area contributed by atoms with Crippen molar-refractivity contribution in [2.75, 3.05) is 37.7 Å². The summed E-state index contributed by atoms with van der Waals surface area (Å²) in [6, 6.07) is 6.03. The topological polar surface area (TPSA) is 95.6 Å². The van der Waals surface area contributed by atoms with Crippen LogP contribution >= 0.6 is 11.8 Å². The van der Waals surface area contributed by atoms with Gasteiger partial charge in [-0.1, -0.05) is 6.07 Å². The fraction of sp³-hybridized carbons (Fsp3) is 0.467. The second-order valence-corrected chi connectivity index (χ2v) is 8.30. The molecule has 0 radical (unpaired) electrons. The van der Waals surface area contributed by atoms with Gasteiger partial charge >= 0.3 is 0 Å². The van der Waals surface area contributed by atoms with Crippen molar-refractivity contribution in [3.63, 3.8) is 0 Å². The molecule has 1 aromatic carbocycles. The molecule has 0 aromatic heterocycles. The van der Waals surface area contributed by atoms with Crippen molar-refractivity contribution in [1.82, 2.24) is 14.9 Å². The summed E-state index contributed by atoms with van der Waals surface area (Å²) in [4.78, 5) is 25.0. The van der Waals surface area contributed by atoms with Gasteiger partial charge in [-0.05, 0) is 18.2 Å². The molecule has 1 saturated heterocycles. The lowest BCUT2D eigenvalue weighted by Crippen LogP contribution is -2.38. The van der Waals surface area contributed by atoms with Gasteiger partial charge in [-0.25, -0.2) is 13.1 Å². The Bertz CT molecular complexity index is 700. The number of benzene rings is 1. The fourth-order valence-corrected chi connectivity index (χ4v) is 4.23. The summed E-state index contributed by atoms with van der Waals surface area (Å²) in [5.74, 6) is 1.43.